The Kier molecular flexibility index (Phi) is 5.50. The lowest BCUT2D eigenvalue weighted by Crippen LogP contribution is -2.27. The minimum absolute atomic E-state index is 0.216. The molecule has 2 N–H and O–H groups in total. The molecule has 3 aromatic heterocycles. The average molecular weight is 395 g/mol. The highest BCUT2D eigenvalue weighted by Gasteiger charge is 2.19. The van der Waals surface area contributed by atoms with E-state index in [1.165, 1.54) is 0 Å². The number of rotatable bonds is 8. The van der Waals surface area contributed by atoms with Gasteiger partial charge in [0.25, 0.3) is 0 Å². The van der Waals surface area contributed by atoms with Crippen LogP contribution >= 0.6 is 0 Å². The molecule has 10 heteroatoms. The quantitative estimate of drug-likeness (QED) is 0.559. The SMILES string of the molecule is CC(C)n1cnc2c(NCCCN3CCCC3=O)nc(Nc3cnccn3)nc21. The summed E-state index contributed by atoms with van der Waals surface area (Å²) in [5.41, 5.74) is 1.47. The lowest BCUT2D eigenvalue weighted by atomic mass is 10.3. The molecule has 0 atom stereocenters. The first-order valence-electron chi connectivity index (χ1n) is 9.91. The smallest absolute Gasteiger partial charge is 0.232 e. The van der Waals surface area contributed by atoms with Gasteiger partial charge in [0.05, 0.1) is 12.5 Å². The first-order chi connectivity index (χ1) is 14.1. The first kappa shape index (κ1) is 19.0. The van der Waals surface area contributed by atoms with Crippen molar-refractivity contribution in [3.8, 4) is 0 Å². The fourth-order valence-corrected chi connectivity index (χ4v) is 3.37. The molecule has 0 bridgehead atoms. The van der Waals surface area contributed by atoms with Gasteiger partial charge < -0.3 is 20.1 Å². The summed E-state index contributed by atoms with van der Waals surface area (Å²) in [6.45, 7) is 6.47. The van der Waals surface area contributed by atoms with Gasteiger partial charge in [0.2, 0.25) is 11.9 Å². The molecule has 0 aliphatic carbocycles. The highest BCUT2D eigenvalue weighted by Crippen LogP contribution is 2.24. The van der Waals surface area contributed by atoms with Crippen LogP contribution < -0.4 is 10.6 Å². The summed E-state index contributed by atoms with van der Waals surface area (Å²) in [6, 6.07) is 0.216. The van der Waals surface area contributed by atoms with Crippen molar-refractivity contribution in [2.75, 3.05) is 30.3 Å². The molecular weight excluding hydrogens is 370 g/mol. The second-order valence-corrected chi connectivity index (χ2v) is 7.29. The Morgan fingerprint density at radius 3 is 2.83 bits per heavy atom. The molecule has 0 saturated carbocycles. The average Bonchev–Trinajstić information content (AvgIpc) is 3.32. The molecule has 4 heterocycles. The van der Waals surface area contributed by atoms with Crippen molar-refractivity contribution in [1.29, 1.82) is 0 Å². The highest BCUT2D eigenvalue weighted by molar-refractivity contribution is 5.84. The number of fused-ring (bicyclic) bond motifs is 1. The van der Waals surface area contributed by atoms with Crippen LogP contribution in [0.2, 0.25) is 0 Å². The zero-order valence-electron chi connectivity index (χ0n) is 16.7. The predicted octanol–water partition coefficient (Wildman–Crippen LogP) is 2.37. The Bertz CT molecular complexity index is 986. The number of nitrogens with one attached hydrogen (secondary N) is 2. The Balaban J connectivity index is 1.53. The molecule has 0 radical (unpaired) electrons. The maximum absolute atomic E-state index is 11.8. The molecule has 152 valence electrons. The van der Waals surface area contributed by atoms with E-state index in [1.54, 1.807) is 24.9 Å². The standard InChI is InChI=1S/C19H25N9O/c1-13(2)28-12-23-16-17(22-6-4-10-27-9-3-5-15(27)29)25-19(26-18(16)28)24-14-11-20-7-8-21-14/h7-8,11-13H,3-6,9-10H2,1-2H3,(H2,21,22,24,25,26). The molecule has 1 fully saturated rings. The van der Waals surface area contributed by atoms with Gasteiger partial charge in [0.1, 0.15) is 0 Å². The largest absolute Gasteiger partial charge is 0.368 e. The third-order valence-electron chi connectivity index (χ3n) is 4.85. The molecule has 0 unspecified atom stereocenters. The summed E-state index contributed by atoms with van der Waals surface area (Å²) in [5.74, 6) is 1.91. The van der Waals surface area contributed by atoms with E-state index in [2.05, 4.69) is 49.4 Å². The maximum Gasteiger partial charge on any atom is 0.232 e. The highest BCUT2D eigenvalue weighted by atomic mass is 16.2. The molecule has 0 spiro atoms. The van der Waals surface area contributed by atoms with E-state index >= 15 is 0 Å². The normalized spacial score (nSPS) is 14.2. The molecule has 0 aromatic carbocycles. The summed E-state index contributed by atoms with van der Waals surface area (Å²) in [4.78, 5) is 35.7. The van der Waals surface area contributed by atoms with Crippen molar-refractivity contribution in [1.82, 2.24) is 34.4 Å². The fraction of sp³-hybridized carbons (Fsp3) is 0.474. The van der Waals surface area contributed by atoms with Crippen LogP contribution in [-0.2, 0) is 4.79 Å². The van der Waals surface area contributed by atoms with Gasteiger partial charge in [-0.05, 0) is 26.7 Å². The molecule has 10 nitrogen and oxygen atoms in total. The van der Waals surface area contributed by atoms with Gasteiger partial charge in [-0.1, -0.05) is 0 Å². The third kappa shape index (κ3) is 4.25. The molecule has 1 amide bonds. The molecule has 4 rings (SSSR count). The Morgan fingerprint density at radius 2 is 2.10 bits per heavy atom. The van der Waals surface area contributed by atoms with Gasteiger partial charge in [-0.25, -0.2) is 9.97 Å². The van der Waals surface area contributed by atoms with E-state index in [0.29, 0.717) is 30.5 Å². The van der Waals surface area contributed by atoms with E-state index in [-0.39, 0.29) is 11.9 Å². The van der Waals surface area contributed by atoms with Gasteiger partial charge in [-0.2, -0.15) is 9.97 Å². The summed E-state index contributed by atoms with van der Waals surface area (Å²) >= 11 is 0. The van der Waals surface area contributed by atoms with Crippen LogP contribution in [0.3, 0.4) is 0 Å². The van der Waals surface area contributed by atoms with Gasteiger partial charge in [0, 0.05) is 44.5 Å². The molecule has 1 aliphatic heterocycles. The van der Waals surface area contributed by atoms with E-state index in [4.69, 9.17) is 0 Å². The predicted molar refractivity (Wildman–Crippen MR) is 110 cm³/mol. The van der Waals surface area contributed by atoms with Crippen molar-refractivity contribution in [2.24, 2.45) is 0 Å². The number of hydrogen-bond donors (Lipinski definition) is 2. The molecule has 1 saturated heterocycles. The fourth-order valence-electron chi connectivity index (χ4n) is 3.37. The molecule has 1 aliphatic rings. The number of likely N-dealkylation sites (tertiary alicyclic amines) is 1. The zero-order chi connectivity index (χ0) is 20.2. The minimum Gasteiger partial charge on any atom is -0.368 e. The van der Waals surface area contributed by atoms with Crippen LogP contribution in [0.25, 0.3) is 11.2 Å². The summed E-state index contributed by atoms with van der Waals surface area (Å²) in [5, 5.41) is 6.47. The number of amides is 1. The van der Waals surface area contributed by atoms with Crippen LogP contribution in [0.15, 0.2) is 24.9 Å². The van der Waals surface area contributed by atoms with Crippen LogP contribution in [-0.4, -0.2) is 59.9 Å². The van der Waals surface area contributed by atoms with E-state index < -0.39 is 0 Å². The lowest BCUT2D eigenvalue weighted by Gasteiger charge is -2.16. The summed E-state index contributed by atoms with van der Waals surface area (Å²) < 4.78 is 2.01. The minimum atomic E-state index is 0.216. The van der Waals surface area contributed by atoms with E-state index in [0.717, 1.165) is 37.1 Å². The lowest BCUT2D eigenvalue weighted by molar-refractivity contribution is -0.127. The number of carbonyl (C=O) groups excluding carboxylic acids is 1. The van der Waals surface area contributed by atoms with Crippen molar-refractivity contribution in [3.63, 3.8) is 0 Å². The second-order valence-electron chi connectivity index (χ2n) is 7.29. The summed E-state index contributed by atoms with van der Waals surface area (Å²) in [7, 11) is 0. The van der Waals surface area contributed by atoms with E-state index in [9.17, 15) is 4.79 Å². The number of nitrogens with zero attached hydrogens (tertiary/aromatic N) is 7. The van der Waals surface area contributed by atoms with Crippen molar-refractivity contribution in [3.05, 3.63) is 24.9 Å². The maximum atomic E-state index is 11.8. The number of anilines is 3. The Morgan fingerprint density at radius 1 is 1.21 bits per heavy atom. The molecule has 3 aromatic rings. The second kappa shape index (κ2) is 8.38. The van der Waals surface area contributed by atoms with Crippen molar-refractivity contribution in [2.45, 2.75) is 39.2 Å². The van der Waals surface area contributed by atoms with Gasteiger partial charge in [-0.15, -0.1) is 0 Å². The molecular formula is C19H25N9O. The van der Waals surface area contributed by atoms with Crippen LogP contribution in [0.1, 0.15) is 39.2 Å². The number of hydrogen-bond acceptors (Lipinski definition) is 8. The van der Waals surface area contributed by atoms with Crippen LogP contribution in [0.5, 0.6) is 0 Å². The van der Waals surface area contributed by atoms with E-state index in [1.807, 2.05) is 9.47 Å². The van der Waals surface area contributed by atoms with Crippen molar-refractivity contribution >= 4 is 34.7 Å². The van der Waals surface area contributed by atoms with Gasteiger partial charge >= 0.3 is 0 Å². The third-order valence-corrected chi connectivity index (χ3v) is 4.85. The number of aromatic nitrogens is 6. The molecule has 29 heavy (non-hydrogen) atoms. The monoisotopic (exact) mass is 395 g/mol. The van der Waals surface area contributed by atoms with Gasteiger partial charge in [0.15, 0.2) is 22.8 Å². The van der Waals surface area contributed by atoms with Crippen LogP contribution in [0.4, 0.5) is 17.6 Å². The first-order valence-corrected chi connectivity index (χ1v) is 9.91. The zero-order valence-corrected chi connectivity index (χ0v) is 16.7. The number of imidazole rings is 1. The Labute approximate surface area is 168 Å². The topological polar surface area (TPSA) is 114 Å². The number of carbonyl (C=O) groups is 1. The van der Waals surface area contributed by atoms with Crippen LogP contribution in [0, 0.1) is 0 Å². The van der Waals surface area contributed by atoms with Gasteiger partial charge in [-0.3, -0.25) is 9.78 Å². The Hall–Kier alpha value is -3.30. The van der Waals surface area contributed by atoms with Crippen molar-refractivity contribution < 1.29 is 4.79 Å². The summed E-state index contributed by atoms with van der Waals surface area (Å²) in [6.07, 6.45) is 9.10.